The molecular weight excluding hydrogens is 300 g/mol. The Hall–Kier alpha value is -0.650. The highest BCUT2D eigenvalue weighted by Gasteiger charge is 2.32. The normalized spacial score (nSPS) is 30.8. The molecule has 0 bridgehead atoms. The van der Waals surface area contributed by atoms with E-state index >= 15 is 0 Å². The lowest BCUT2D eigenvalue weighted by atomic mass is 9.98. The molecule has 0 spiro atoms. The van der Waals surface area contributed by atoms with Gasteiger partial charge in [-0.05, 0) is 45.8 Å². The largest absolute Gasteiger partial charge is 0.341 e. The molecule has 24 heavy (non-hydrogen) atoms. The molecule has 2 unspecified atom stereocenters. The van der Waals surface area contributed by atoms with Gasteiger partial charge in [0.05, 0.1) is 0 Å². The van der Waals surface area contributed by atoms with Gasteiger partial charge in [-0.25, -0.2) is 0 Å². The SMILES string of the molecule is CCN1CCN(C2CCN(C(=O)CCC3CCCCN3C)C2)CC1. The Morgan fingerprint density at radius 3 is 2.50 bits per heavy atom. The average Bonchev–Trinajstić information content (AvgIpc) is 3.11. The van der Waals surface area contributed by atoms with Gasteiger partial charge in [0.15, 0.2) is 0 Å². The molecule has 0 N–H and O–H groups in total. The van der Waals surface area contributed by atoms with Crippen LogP contribution in [0.15, 0.2) is 0 Å². The van der Waals surface area contributed by atoms with Crippen molar-refractivity contribution in [2.75, 3.05) is 59.4 Å². The summed E-state index contributed by atoms with van der Waals surface area (Å²) < 4.78 is 0. The summed E-state index contributed by atoms with van der Waals surface area (Å²) in [5.74, 6) is 0.392. The Labute approximate surface area is 147 Å². The van der Waals surface area contributed by atoms with Crippen molar-refractivity contribution in [2.45, 2.75) is 57.5 Å². The lowest BCUT2D eigenvalue weighted by Crippen LogP contribution is -2.51. The number of amides is 1. The Kier molecular flexibility index (Phi) is 6.53. The lowest BCUT2D eigenvalue weighted by Gasteiger charge is -2.37. The molecule has 0 aliphatic carbocycles. The number of rotatable bonds is 5. The molecule has 3 rings (SSSR count). The summed E-state index contributed by atoms with van der Waals surface area (Å²) >= 11 is 0. The molecule has 5 heteroatoms. The first-order valence-corrected chi connectivity index (χ1v) is 10.1. The van der Waals surface area contributed by atoms with Crippen molar-refractivity contribution in [3.63, 3.8) is 0 Å². The fourth-order valence-electron chi connectivity index (χ4n) is 4.67. The highest BCUT2D eigenvalue weighted by molar-refractivity contribution is 5.76. The van der Waals surface area contributed by atoms with Crippen LogP contribution in [-0.4, -0.2) is 97.0 Å². The number of nitrogens with zero attached hydrogens (tertiary/aromatic N) is 4. The molecule has 0 aromatic rings. The van der Waals surface area contributed by atoms with Crippen LogP contribution in [0.2, 0.25) is 0 Å². The summed E-state index contributed by atoms with van der Waals surface area (Å²) in [6, 6.07) is 1.23. The van der Waals surface area contributed by atoms with Crippen molar-refractivity contribution in [2.24, 2.45) is 0 Å². The van der Waals surface area contributed by atoms with E-state index in [0.717, 1.165) is 25.9 Å². The topological polar surface area (TPSA) is 30.0 Å². The smallest absolute Gasteiger partial charge is 0.222 e. The van der Waals surface area contributed by atoms with Crippen LogP contribution in [0.4, 0.5) is 0 Å². The van der Waals surface area contributed by atoms with E-state index in [-0.39, 0.29) is 0 Å². The fourth-order valence-corrected chi connectivity index (χ4v) is 4.67. The second-order valence-corrected chi connectivity index (χ2v) is 7.92. The predicted molar refractivity (Wildman–Crippen MR) is 98.2 cm³/mol. The number of piperazine rings is 1. The van der Waals surface area contributed by atoms with E-state index in [2.05, 4.69) is 33.6 Å². The second kappa shape index (κ2) is 8.63. The zero-order chi connectivity index (χ0) is 16.9. The molecule has 2 atom stereocenters. The summed E-state index contributed by atoms with van der Waals surface area (Å²) in [6.45, 7) is 11.3. The third kappa shape index (κ3) is 4.50. The van der Waals surface area contributed by atoms with Gasteiger partial charge >= 0.3 is 0 Å². The van der Waals surface area contributed by atoms with E-state index in [1.54, 1.807) is 0 Å². The second-order valence-electron chi connectivity index (χ2n) is 7.92. The number of carbonyl (C=O) groups excluding carboxylic acids is 1. The molecule has 5 nitrogen and oxygen atoms in total. The fraction of sp³-hybridized carbons (Fsp3) is 0.947. The van der Waals surface area contributed by atoms with E-state index in [1.165, 1.54) is 65.0 Å². The number of carbonyl (C=O) groups is 1. The van der Waals surface area contributed by atoms with Crippen molar-refractivity contribution in [1.82, 2.24) is 19.6 Å². The van der Waals surface area contributed by atoms with Gasteiger partial charge in [-0.15, -0.1) is 0 Å². The molecule has 3 heterocycles. The van der Waals surface area contributed by atoms with Gasteiger partial charge in [0, 0.05) is 57.8 Å². The molecule has 0 aromatic heterocycles. The molecule has 1 amide bonds. The molecule has 0 radical (unpaired) electrons. The van der Waals surface area contributed by atoms with Gasteiger partial charge in [-0.2, -0.15) is 0 Å². The van der Waals surface area contributed by atoms with Crippen LogP contribution in [0, 0.1) is 0 Å². The van der Waals surface area contributed by atoms with Crippen molar-refractivity contribution >= 4 is 5.91 Å². The van der Waals surface area contributed by atoms with E-state index in [0.29, 0.717) is 18.0 Å². The van der Waals surface area contributed by atoms with E-state index in [9.17, 15) is 4.79 Å². The van der Waals surface area contributed by atoms with Crippen LogP contribution in [0.3, 0.4) is 0 Å². The first-order valence-electron chi connectivity index (χ1n) is 10.1. The zero-order valence-electron chi connectivity index (χ0n) is 15.8. The van der Waals surface area contributed by atoms with Crippen molar-refractivity contribution in [3.8, 4) is 0 Å². The lowest BCUT2D eigenvalue weighted by molar-refractivity contribution is -0.130. The van der Waals surface area contributed by atoms with Gasteiger partial charge in [-0.1, -0.05) is 13.3 Å². The summed E-state index contributed by atoms with van der Waals surface area (Å²) in [5, 5.41) is 0. The highest BCUT2D eigenvalue weighted by atomic mass is 16.2. The van der Waals surface area contributed by atoms with Crippen LogP contribution < -0.4 is 0 Å². The third-order valence-corrected chi connectivity index (χ3v) is 6.50. The minimum atomic E-state index is 0.392. The third-order valence-electron chi connectivity index (χ3n) is 6.50. The molecule has 3 fully saturated rings. The molecule has 0 saturated carbocycles. The highest BCUT2D eigenvalue weighted by Crippen LogP contribution is 2.22. The maximum Gasteiger partial charge on any atom is 0.222 e. The van der Waals surface area contributed by atoms with Gasteiger partial charge in [0.2, 0.25) is 5.91 Å². The predicted octanol–water partition coefficient (Wildman–Crippen LogP) is 1.49. The summed E-state index contributed by atoms with van der Waals surface area (Å²) in [6.07, 6.45) is 6.88. The zero-order valence-corrected chi connectivity index (χ0v) is 15.8. The summed E-state index contributed by atoms with van der Waals surface area (Å²) in [4.78, 5) is 22.3. The van der Waals surface area contributed by atoms with Crippen LogP contribution in [-0.2, 0) is 4.79 Å². The van der Waals surface area contributed by atoms with Gasteiger partial charge < -0.3 is 14.7 Å². The van der Waals surface area contributed by atoms with Crippen LogP contribution in [0.25, 0.3) is 0 Å². The Morgan fingerprint density at radius 2 is 1.79 bits per heavy atom. The van der Waals surface area contributed by atoms with Crippen LogP contribution in [0.1, 0.15) is 45.4 Å². The molecule has 3 aliphatic rings. The number of likely N-dealkylation sites (N-methyl/N-ethyl adjacent to an activating group) is 1. The molecule has 138 valence electrons. The maximum atomic E-state index is 12.6. The Morgan fingerprint density at radius 1 is 1.00 bits per heavy atom. The van der Waals surface area contributed by atoms with E-state index in [1.807, 2.05) is 0 Å². The first kappa shape index (κ1) is 18.2. The monoisotopic (exact) mass is 336 g/mol. The average molecular weight is 337 g/mol. The maximum absolute atomic E-state index is 12.6. The van der Waals surface area contributed by atoms with Crippen LogP contribution >= 0.6 is 0 Å². The van der Waals surface area contributed by atoms with Gasteiger partial charge in [-0.3, -0.25) is 9.69 Å². The number of piperidine rings is 1. The number of likely N-dealkylation sites (tertiary alicyclic amines) is 2. The molecule has 3 saturated heterocycles. The first-order chi connectivity index (χ1) is 11.7. The van der Waals surface area contributed by atoms with Gasteiger partial charge in [0.25, 0.3) is 0 Å². The Balaban J connectivity index is 1.39. The summed E-state index contributed by atoms with van der Waals surface area (Å²) in [7, 11) is 2.22. The van der Waals surface area contributed by atoms with Gasteiger partial charge in [0.1, 0.15) is 0 Å². The van der Waals surface area contributed by atoms with Crippen molar-refractivity contribution < 1.29 is 4.79 Å². The van der Waals surface area contributed by atoms with Crippen LogP contribution in [0.5, 0.6) is 0 Å². The standard InChI is InChI=1S/C19H36N4O/c1-3-21-12-14-22(15-13-21)18-9-11-23(16-18)19(24)8-7-17-6-4-5-10-20(17)2/h17-18H,3-16H2,1-2H3. The van der Waals surface area contributed by atoms with Crippen molar-refractivity contribution in [1.29, 1.82) is 0 Å². The molecule has 0 aromatic carbocycles. The summed E-state index contributed by atoms with van der Waals surface area (Å²) in [5.41, 5.74) is 0. The Bertz CT molecular complexity index is 408. The molecular formula is C19H36N4O. The van der Waals surface area contributed by atoms with Crippen molar-refractivity contribution in [3.05, 3.63) is 0 Å². The number of hydrogen-bond donors (Lipinski definition) is 0. The van der Waals surface area contributed by atoms with E-state index < -0.39 is 0 Å². The molecule has 3 aliphatic heterocycles. The quantitative estimate of drug-likeness (QED) is 0.761. The van der Waals surface area contributed by atoms with E-state index in [4.69, 9.17) is 0 Å². The number of hydrogen-bond acceptors (Lipinski definition) is 4. The minimum absolute atomic E-state index is 0.392. The minimum Gasteiger partial charge on any atom is -0.341 e.